The molecular formula is C14H10Cl3NO2. The molecule has 0 aliphatic heterocycles. The number of hydrogen-bond donors (Lipinski definition) is 0. The Balaban J connectivity index is 2.33. The van der Waals surface area contributed by atoms with Crippen molar-refractivity contribution in [1.82, 2.24) is 0 Å². The lowest BCUT2D eigenvalue weighted by atomic mass is 10.0. The summed E-state index contributed by atoms with van der Waals surface area (Å²) in [5.74, 6) is 0. The Morgan fingerprint density at radius 3 is 2.25 bits per heavy atom. The average Bonchev–Trinajstić information content (AvgIpc) is 2.38. The molecule has 1 atom stereocenters. The van der Waals surface area contributed by atoms with Crippen LogP contribution in [-0.4, -0.2) is 4.92 Å². The van der Waals surface area contributed by atoms with Gasteiger partial charge in [-0.3, -0.25) is 10.1 Å². The van der Waals surface area contributed by atoms with E-state index in [0.717, 1.165) is 0 Å². The van der Waals surface area contributed by atoms with Crippen molar-refractivity contribution in [1.29, 1.82) is 0 Å². The third-order valence-electron chi connectivity index (χ3n) is 2.90. The molecule has 1 unspecified atom stereocenters. The van der Waals surface area contributed by atoms with Crippen LogP contribution in [-0.2, 0) is 6.42 Å². The molecule has 0 fully saturated rings. The van der Waals surface area contributed by atoms with Crippen LogP contribution in [0.4, 0.5) is 5.69 Å². The standard InChI is InChI=1S/C14H10Cl3NO2/c15-10-5-3-6-11(16)14(10)12(17)8-9-4-1-2-7-13(9)18(19)20/h1-7,12H,8H2. The van der Waals surface area contributed by atoms with Crippen LogP contribution in [0.25, 0.3) is 0 Å². The smallest absolute Gasteiger partial charge is 0.258 e. The van der Waals surface area contributed by atoms with Gasteiger partial charge in [-0.15, -0.1) is 11.6 Å². The molecule has 2 aromatic carbocycles. The molecular weight excluding hydrogens is 321 g/mol. The van der Waals surface area contributed by atoms with Crippen LogP contribution in [0.15, 0.2) is 42.5 Å². The first-order chi connectivity index (χ1) is 9.50. The van der Waals surface area contributed by atoms with Gasteiger partial charge in [-0.1, -0.05) is 47.5 Å². The van der Waals surface area contributed by atoms with Crippen molar-refractivity contribution in [3.05, 3.63) is 73.8 Å². The number of nitro benzene ring substituents is 1. The van der Waals surface area contributed by atoms with E-state index in [9.17, 15) is 10.1 Å². The van der Waals surface area contributed by atoms with Gasteiger partial charge in [-0.2, -0.15) is 0 Å². The second-order valence-electron chi connectivity index (χ2n) is 4.19. The Hall–Kier alpha value is -1.29. The highest BCUT2D eigenvalue weighted by molar-refractivity contribution is 6.37. The SMILES string of the molecule is O=[N+]([O-])c1ccccc1CC(Cl)c1c(Cl)cccc1Cl. The molecule has 104 valence electrons. The zero-order chi connectivity index (χ0) is 14.7. The zero-order valence-electron chi connectivity index (χ0n) is 10.2. The predicted molar refractivity (Wildman–Crippen MR) is 81.9 cm³/mol. The molecule has 2 aromatic rings. The lowest BCUT2D eigenvalue weighted by Crippen LogP contribution is -2.01. The summed E-state index contributed by atoms with van der Waals surface area (Å²) in [6.07, 6.45) is 0.280. The van der Waals surface area contributed by atoms with Gasteiger partial charge in [0.05, 0.1) is 10.3 Å². The summed E-state index contributed by atoms with van der Waals surface area (Å²) in [5, 5.41) is 11.4. The van der Waals surface area contributed by atoms with Crippen molar-refractivity contribution in [3.8, 4) is 0 Å². The number of hydrogen-bond acceptors (Lipinski definition) is 2. The number of alkyl halides is 1. The summed E-state index contributed by atoms with van der Waals surface area (Å²) in [6.45, 7) is 0. The minimum absolute atomic E-state index is 0.0429. The van der Waals surface area contributed by atoms with Crippen molar-refractivity contribution in [2.45, 2.75) is 11.8 Å². The van der Waals surface area contributed by atoms with Crippen LogP contribution in [0.5, 0.6) is 0 Å². The largest absolute Gasteiger partial charge is 0.272 e. The van der Waals surface area contributed by atoms with E-state index in [4.69, 9.17) is 34.8 Å². The fourth-order valence-electron chi connectivity index (χ4n) is 1.97. The number of nitrogens with zero attached hydrogens (tertiary/aromatic N) is 1. The van der Waals surface area contributed by atoms with Crippen LogP contribution >= 0.6 is 34.8 Å². The molecule has 0 aliphatic rings. The van der Waals surface area contributed by atoms with E-state index in [-0.39, 0.29) is 12.1 Å². The van der Waals surface area contributed by atoms with Crippen LogP contribution < -0.4 is 0 Å². The molecule has 20 heavy (non-hydrogen) atoms. The molecule has 0 saturated carbocycles. The fraction of sp³-hybridized carbons (Fsp3) is 0.143. The van der Waals surface area contributed by atoms with Gasteiger partial charge in [0.15, 0.2) is 0 Å². The number of nitro groups is 1. The molecule has 3 nitrogen and oxygen atoms in total. The first-order valence-electron chi connectivity index (χ1n) is 5.81. The minimum atomic E-state index is -0.530. The highest BCUT2D eigenvalue weighted by Crippen LogP contribution is 2.37. The Labute approximate surface area is 131 Å². The summed E-state index contributed by atoms with van der Waals surface area (Å²) in [5.41, 5.74) is 1.19. The summed E-state index contributed by atoms with van der Waals surface area (Å²) < 4.78 is 0. The van der Waals surface area contributed by atoms with Gasteiger partial charge in [0, 0.05) is 27.2 Å². The van der Waals surface area contributed by atoms with Crippen molar-refractivity contribution in [3.63, 3.8) is 0 Å². The van der Waals surface area contributed by atoms with E-state index in [0.29, 0.717) is 21.2 Å². The van der Waals surface area contributed by atoms with Gasteiger partial charge >= 0.3 is 0 Å². The van der Waals surface area contributed by atoms with E-state index >= 15 is 0 Å². The molecule has 0 amide bonds. The lowest BCUT2D eigenvalue weighted by Gasteiger charge is -2.13. The predicted octanol–water partition coefficient (Wildman–Crippen LogP) is 5.42. The Kier molecular flexibility index (Phi) is 4.86. The van der Waals surface area contributed by atoms with E-state index < -0.39 is 10.3 Å². The van der Waals surface area contributed by atoms with Gasteiger partial charge in [0.25, 0.3) is 5.69 Å². The maximum atomic E-state index is 11.0. The molecule has 0 bridgehead atoms. The lowest BCUT2D eigenvalue weighted by molar-refractivity contribution is -0.385. The molecule has 2 rings (SSSR count). The quantitative estimate of drug-likeness (QED) is 0.426. The second-order valence-corrected chi connectivity index (χ2v) is 5.53. The highest BCUT2D eigenvalue weighted by atomic mass is 35.5. The van der Waals surface area contributed by atoms with E-state index in [1.54, 1.807) is 36.4 Å². The third-order valence-corrected chi connectivity index (χ3v) is 3.93. The van der Waals surface area contributed by atoms with Crippen LogP contribution in [0.1, 0.15) is 16.5 Å². The van der Waals surface area contributed by atoms with Crippen molar-refractivity contribution in [2.24, 2.45) is 0 Å². The normalized spacial score (nSPS) is 12.2. The minimum Gasteiger partial charge on any atom is -0.258 e. The molecule has 0 N–H and O–H groups in total. The first-order valence-corrected chi connectivity index (χ1v) is 7.00. The Morgan fingerprint density at radius 1 is 1.05 bits per heavy atom. The number of para-hydroxylation sites is 1. The Morgan fingerprint density at radius 2 is 1.65 bits per heavy atom. The highest BCUT2D eigenvalue weighted by Gasteiger charge is 2.20. The van der Waals surface area contributed by atoms with Gasteiger partial charge < -0.3 is 0 Å². The Bertz CT molecular complexity index is 626. The molecule has 6 heteroatoms. The average molecular weight is 331 g/mol. The molecule has 0 spiro atoms. The third kappa shape index (κ3) is 3.23. The summed E-state index contributed by atoms with van der Waals surface area (Å²) >= 11 is 18.5. The van der Waals surface area contributed by atoms with Crippen LogP contribution in [0.3, 0.4) is 0 Å². The molecule has 0 saturated heterocycles. The van der Waals surface area contributed by atoms with E-state index in [1.165, 1.54) is 6.07 Å². The van der Waals surface area contributed by atoms with Crippen LogP contribution in [0, 0.1) is 10.1 Å². The molecule has 0 heterocycles. The van der Waals surface area contributed by atoms with Gasteiger partial charge in [0.1, 0.15) is 0 Å². The number of benzene rings is 2. The van der Waals surface area contributed by atoms with Crippen molar-refractivity contribution in [2.75, 3.05) is 0 Å². The topological polar surface area (TPSA) is 43.1 Å². The molecule has 0 radical (unpaired) electrons. The number of rotatable bonds is 4. The van der Waals surface area contributed by atoms with Gasteiger partial charge in [-0.05, 0) is 18.6 Å². The molecule has 0 aliphatic carbocycles. The summed E-state index contributed by atoms with van der Waals surface area (Å²) in [7, 11) is 0. The second kappa shape index (κ2) is 6.44. The maximum absolute atomic E-state index is 11.0. The number of halogens is 3. The summed E-state index contributed by atoms with van der Waals surface area (Å²) in [6, 6.07) is 11.6. The van der Waals surface area contributed by atoms with E-state index in [1.807, 2.05) is 0 Å². The monoisotopic (exact) mass is 329 g/mol. The maximum Gasteiger partial charge on any atom is 0.272 e. The zero-order valence-corrected chi connectivity index (χ0v) is 12.5. The van der Waals surface area contributed by atoms with Gasteiger partial charge in [-0.25, -0.2) is 0 Å². The van der Waals surface area contributed by atoms with Crippen molar-refractivity contribution >= 4 is 40.5 Å². The van der Waals surface area contributed by atoms with Crippen molar-refractivity contribution < 1.29 is 4.92 Å². The summed E-state index contributed by atoms with van der Waals surface area (Å²) in [4.78, 5) is 10.6. The first kappa shape index (κ1) is 15.1. The van der Waals surface area contributed by atoms with E-state index in [2.05, 4.69) is 0 Å². The van der Waals surface area contributed by atoms with Crippen LogP contribution in [0.2, 0.25) is 10.0 Å². The van der Waals surface area contributed by atoms with Gasteiger partial charge in [0.2, 0.25) is 0 Å². The fourth-order valence-corrected chi connectivity index (χ4v) is 3.14. The molecule has 0 aromatic heterocycles.